The fourth-order valence-corrected chi connectivity index (χ4v) is 10.8. The summed E-state index contributed by atoms with van der Waals surface area (Å²) >= 11 is 0. The third-order valence-corrected chi connectivity index (χ3v) is 15.3. The highest BCUT2D eigenvalue weighted by Crippen LogP contribution is 2.37. The predicted octanol–water partition coefficient (Wildman–Crippen LogP) is 17.5. The fraction of sp³-hybridized carbons (Fsp3) is 0.293. The van der Waals surface area contributed by atoms with Crippen molar-refractivity contribution in [3.05, 3.63) is 252 Å². The van der Waals surface area contributed by atoms with Gasteiger partial charge in [-0.15, -0.1) is 10.2 Å². The average Bonchev–Trinajstić information content (AvgIpc) is 1.29. The summed E-state index contributed by atoms with van der Waals surface area (Å²) in [6.07, 6.45) is 11.8. The van der Waals surface area contributed by atoms with Gasteiger partial charge in [0.15, 0.2) is 22.9 Å². The number of hydrogen-bond donors (Lipinski definition) is 0. The second-order valence-corrected chi connectivity index (χ2v) is 22.1. The summed E-state index contributed by atoms with van der Waals surface area (Å²) in [5.41, 5.74) is 12.3. The minimum atomic E-state index is -0.783. The number of hydrogen-bond acceptors (Lipinski definition) is 17. The van der Waals surface area contributed by atoms with E-state index in [0.29, 0.717) is 96.8 Å². The van der Waals surface area contributed by atoms with E-state index in [1.54, 1.807) is 73.3 Å². The van der Waals surface area contributed by atoms with E-state index in [4.69, 9.17) is 47.6 Å². The number of unbranched alkanes of at least 4 members (excludes halogenated alkanes) is 3. The van der Waals surface area contributed by atoms with Crippen LogP contribution in [0.4, 0.5) is 35.0 Å². The summed E-state index contributed by atoms with van der Waals surface area (Å²) < 4.78 is 75.8. The summed E-state index contributed by atoms with van der Waals surface area (Å²) in [5, 5.41) is 22.0. The number of allylic oxidation sites excluding steroid dienone is 3. The minimum Gasteiger partial charge on any atom is -0.496 e. The fourth-order valence-electron chi connectivity index (χ4n) is 10.8. The molecular formula is C75H76F3N11O10. The predicted molar refractivity (Wildman–Crippen MR) is 373 cm³/mol. The van der Waals surface area contributed by atoms with Crippen LogP contribution in [-0.2, 0) is 32.1 Å². The highest BCUT2D eigenvalue weighted by Gasteiger charge is 2.23. The van der Waals surface area contributed by atoms with Gasteiger partial charge in [0, 0.05) is 26.3 Å². The third kappa shape index (κ3) is 20.6. The Morgan fingerprint density at radius 3 is 1.20 bits per heavy atom. The molecule has 1 saturated heterocycles. The molecule has 0 atom stereocenters. The number of oxime groups is 3. The molecule has 9 rings (SSSR count). The van der Waals surface area contributed by atoms with Gasteiger partial charge in [0.1, 0.15) is 45.2 Å². The maximum atomic E-state index is 14.7. The number of amides is 1. The molecule has 0 unspecified atom stereocenters. The molecule has 0 spiro atoms. The SMILES string of the molecule is [C-]#[N+]c1ccc(/C(=C/CCCN2CCOC2=O)c2cc(C)c(OC)c(/C(F)=N/OC)c2)cc1.[C-]#[N+]c1ccc(/C(=C/CCCc2nc(C)no2)c2cc(C)c(OC)c(/C(F)=N/OC)c2)cc1.[C-]#[N+]c1ccc(/C(=C/CCCc2nnc(C)o2)c2cc(C)c(OC)c(/C(F)=N/OC)c2)cc1. The standard InChI is InChI=1S/2C25H25FN4O3.C25H26FN3O4/c1-16-14-19(15-22(24(16)31-4)25(26)30-32-5)21(18-10-12-20(27-3)13-11-18)8-6-7-9-23-29-28-17(2)33-23;1-16-14-19(15-22(24(16)31-4)25(26)30-32-5)21(18-10-12-20(27-3)13-11-18)8-6-7-9-23-28-17(2)29-33-23;1-17-15-19(16-22(23(17)31-3)24(26)28-32-4)21(18-8-10-20(27-2)11-9-18)7-5-6-12-29-13-14-33-25(29)30/h2*8,10-15H,6-7,9H2,1-2,4-5H3;7-11,15-16H,5-6,12-14H2,1,3-4H3/b2*21-8-,30-25-;21-7-,28-24-. The maximum absolute atomic E-state index is 14.7. The number of aromatic nitrogens is 4. The lowest BCUT2D eigenvalue weighted by Crippen LogP contribution is -2.25. The van der Waals surface area contributed by atoms with Gasteiger partial charge in [-0.2, -0.15) is 18.2 Å². The molecule has 24 heteroatoms. The van der Waals surface area contributed by atoms with Crippen LogP contribution in [0, 0.1) is 54.3 Å². The number of methoxy groups -OCH3 is 3. The smallest absolute Gasteiger partial charge is 0.409 e. The van der Waals surface area contributed by atoms with Crippen molar-refractivity contribution in [3.8, 4) is 17.2 Å². The van der Waals surface area contributed by atoms with E-state index in [9.17, 15) is 18.0 Å². The topological polar surface area (TPSA) is 213 Å². The Kier molecular flexibility index (Phi) is 28.2. The Bertz CT molecular complexity index is 4210. The Morgan fingerprint density at radius 2 is 0.899 bits per heavy atom. The maximum Gasteiger partial charge on any atom is 0.409 e. The second-order valence-electron chi connectivity index (χ2n) is 22.1. The van der Waals surface area contributed by atoms with Gasteiger partial charge < -0.3 is 47.3 Å². The second kappa shape index (κ2) is 37.5. The molecule has 1 aliphatic heterocycles. The molecule has 1 fully saturated rings. The number of aryl methyl sites for hydroxylation is 7. The molecule has 21 nitrogen and oxygen atoms in total. The first-order chi connectivity index (χ1) is 47.9. The van der Waals surface area contributed by atoms with Gasteiger partial charge in [0.25, 0.3) is 17.9 Å². The summed E-state index contributed by atoms with van der Waals surface area (Å²) in [6, 6.07) is 32.7. The molecule has 1 aliphatic rings. The summed E-state index contributed by atoms with van der Waals surface area (Å²) in [6.45, 7) is 32.3. The Balaban J connectivity index is 0.000000209. The van der Waals surface area contributed by atoms with Crippen molar-refractivity contribution in [2.45, 2.75) is 86.0 Å². The van der Waals surface area contributed by atoms with Crippen LogP contribution >= 0.6 is 0 Å². The van der Waals surface area contributed by atoms with Crippen molar-refractivity contribution in [2.24, 2.45) is 15.5 Å². The van der Waals surface area contributed by atoms with Gasteiger partial charge in [-0.3, -0.25) is 0 Å². The molecule has 1 amide bonds. The zero-order valence-corrected chi connectivity index (χ0v) is 57.0. The molecule has 512 valence electrons. The van der Waals surface area contributed by atoms with Gasteiger partial charge in [-0.25, -0.2) is 19.3 Å². The van der Waals surface area contributed by atoms with Crippen molar-refractivity contribution in [2.75, 3.05) is 62.4 Å². The number of benzene rings is 6. The number of carbonyl (C=O) groups is 1. The van der Waals surface area contributed by atoms with Gasteiger partial charge in [-0.1, -0.05) is 112 Å². The number of rotatable bonds is 27. The number of cyclic esters (lactones) is 1. The normalized spacial score (nSPS) is 12.6. The average molecular weight is 1350 g/mol. The number of carbonyl (C=O) groups excluding carboxylic acids is 1. The molecule has 3 heterocycles. The van der Waals surface area contributed by atoms with E-state index < -0.39 is 17.9 Å². The molecule has 0 saturated carbocycles. The van der Waals surface area contributed by atoms with Crippen LogP contribution in [0.1, 0.15) is 129 Å². The quantitative estimate of drug-likeness (QED) is 0.0203. The first-order valence-corrected chi connectivity index (χ1v) is 31.3. The number of halogens is 3. The summed E-state index contributed by atoms with van der Waals surface area (Å²) in [7, 11) is 8.32. The number of ether oxygens (including phenoxy) is 4. The Morgan fingerprint density at radius 1 is 0.525 bits per heavy atom. The first-order valence-electron chi connectivity index (χ1n) is 31.3. The van der Waals surface area contributed by atoms with Crippen LogP contribution in [0.3, 0.4) is 0 Å². The highest BCUT2D eigenvalue weighted by atomic mass is 19.1. The Hall–Kier alpha value is -11.8. The molecular weight excluding hydrogens is 1270 g/mol. The van der Waals surface area contributed by atoms with Gasteiger partial charge in [0.05, 0.1) is 64.3 Å². The molecule has 8 aromatic rings. The number of nitrogens with zero attached hydrogens (tertiary/aromatic N) is 11. The third-order valence-electron chi connectivity index (χ3n) is 15.3. The summed E-state index contributed by atoms with van der Waals surface area (Å²) in [4.78, 5) is 41.8. The zero-order chi connectivity index (χ0) is 71.4. The molecule has 0 N–H and O–H groups in total. The molecule has 0 bridgehead atoms. The minimum absolute atomic E-state index is 0.192. The van der Waals surface area contributed by atoms with E-state index in [0.717, 1.165) is 98.9 Å². The lowest BCUT2D eigenvalue weighted by Gasteiger charge is -2.16. The molecule has 99 heavy (non-hydrogen) atoms. The molecule has 2 aromatic heterocycles. The van der Waals surface area contributed by atoms with Gasteiger partial charge in [-0.05, 0) is 169 Å². The molecule has 0 aliphatic carbocycles. The largest absolute Gasteiger partial charge is 0.496 e. The van der Waals surface area contributed by atoms with Crippen LogP contribution in [0.15, 0.2) is 152 Å². The molecule has 6 aromatic carbocycles. The van der Waals surface area contributed by atoms with Crippen LogP contribution in [0.2, 0.25) is 0 Å². The lowest BCUT2D eigenvalue weighted by atomic mass is 9.93. The van der Waals surface area contributed by atoms with E-state index in [-0.39, 0.29) is 22.8 Å². The van der Waals surface area contributed by atoms with Crippen LogP contribution in [0.5, 0.6) is 17.2 Å². The van der Waals surface area contributed by atoms with E-state index in [2.05, 4.69) is 83.1 Å². The van der Waals surface area contributed by atoms with Crippen LogP contribution < -0.4 is 14.2 Å². The van der Waals surface area contributed by atoms with Crippen molar-refractivity contribution in [1.82, 2.24) is 25.2 Å². The van der Waals surface area contributed by atoms with Crippen molar-refractivity contribution in [1.29, 1.82) is 0 Å². The summed E-state index contributed by atoms with van der Waals surface area (Å²) in [5.74, 6) is 1.21. The highest BCUT2D eigenvalue weighted by molar-refractivity contribution is 6.00. The van der Waals surface area contributed by atoms with Crippen molar-refractivity contribution >= 4 is 57.8 Å². The molecule has 0 radical (unpaired) electrons. The van der Waals surface area contributed by atoms with Crippen LogP contribution in [-0.4, -0.2) is 112 Å². The van der Waals surface area contributed by atoms with E-state index >= 15 is 0 Å². The van der Waals surface area contributed by atoms with Crippen molar-refractivity contribution < 1.29 is 60.4 Å². The van der Waals surface area contributed by atoms with Gasteiger partial charge >= 0.3 is 6.09 Å². The lowest BCUT2D eigenvalue weighted by molar-refractivity contribution is 0.158. The van der Waals surface area contributed by atoms with E-state index in [1.807, 2.05) is 75.4 Å². The first kappa shape index (κ1) is 74.6. The van der Waals surface area contributed by atoms with Gasteiger partial charge in [0.2, 0.25) is 17.7 Å². The van der Waals surface area contributed by atoms with Crippen LogP contribution in [0.25, 0.3) is 31.3 Å². The van der Waals surface area contributed by atoms with E-state index in [1.165, 1.54) is 42.7 Å². The zero-order valence-electron chi connectivity index (χ0n) is 57.0. The monoisotopic (exact) mass is 1350 g/mol. The van der Waals surface area contributed by atoms with Crippen molar-refractivity contribution in [3.63, 3.8) is 0 Å². The Labute approximate surface area is 573 Å².